The average molecular weight is 516 g/mol. The lowest BCUT2D eigenvalue weighted by Gasteiger charge is -2.34. The number of likely N-dealkylation sites (N-methyl/N-ethyl adjacent to an activating group) is 1. The predicted molar refractivity (Wildman–Crippen MR) is 145 cm³/mol. The number of nitrogens with zero attached hydrogens (tertiary/aromatic N) is 5. The maximum absolute atomic E-state index is 14.9. The number of carbonyl (C=O) groups excluding carboxylic acids is 1. The zero-order valence-corrected chi connectivity index (χ0v) is 21.7. The summed E-state index contributed by atoms with van der Waals surface area (Å²) in [5, 5.41) is 9.46. The van der Waals surface area contributed by atoms with Crippen molar-refractivity contribution < 1.29 is 9.18 Å². The molecule has 6 nitrogen and oxygen atoms in total. The molecule has 0 spiro atoms. The molecule has 2 heterocycles. The summed E-state index contributed by atoms with van der Waals surface area (Å²) in [5.41, 5.74) is 3.13. The normalized spacial score (nSPS) is 14.2. The van der Waals surface area contributed by atoms with E-state index in [1.165, 1.54) is 17.8 Å². The van der Waals surface area contributed by atoms with E-state index in [9.17, 15) is 9.18 Å². The summed E-state index contributed by atoms with van der Waals surface area (Å²) in [6, 6.07) is 24.4. The summed E-state index contributed by atoms with van der Waals surface area (Å²) in [7, 11) is 0. The maximum Gasteiger partial charge on any atom is 0.254 e. The van der Waals surface area contributed by atoms with Gasteiger partial charge in [0.1, 0.15) is 11.6 Å². The first-order chi connectivity index (χ1) is 18.1. The molecule has 3 aromatic carbocycles. The molecule has 0 bridgehead atoms. The molecule has 0 atom stereocenters. The number of aromatic nitrogens is 3. The van der Waals surface area contributed by atoms with E-state index in [0.717, 1.165) is 43.9 Å². The van der Waals surface area contributed by atoms with E-state index < -0.39 is 0 Å². The lowest BCUT2D eigenvalue weighted by atomic mass is 10.1. The van der Waals surface area contributed by atoms with E-state index in [4.69, 9.17) is 0 Å². The lowest BCUT2D eigenvalue weighted by molar-refractivity contribution is 0.0642. The molecule has 1 aliphatic heterocycles. The minimum absolute atomic E-state index is 0.0623. The quantitative estimate of drug-likeness (QED) is 0.307. The number of benzene rings is 3. The largest absolute Gasteiger partial charge is 0.336 e. The zero-order valence-electron chi connectivity index (χ0n) is 20.9. The Kier molecular flexibility index (Phi) is 7.96. The third-order valence-corrected chi connectivity index (χ3v) is 7.69. The first-order valence-corrected chi connectivity index (χ1v) is 13.6. The molecule has 0 N–H and O–H groups in total. The van der Waals surface area contributed by atoms with Crippen molar-refractivity contribution in [1.29, 1.82) is 0 Å². The minimum Gasteiger partial charge on any atom is -0.336 e. The van der Waals surface area contributed by atoms with Crippen LogP contribution < -0.4 is 0 Å². The van der Waals surface area contributed by atoms with Gasteiger partial charge in [0.2, 0.25) is 0 Å². The number of halogens is 1. The Morgan fingerprint density at radius 1 is 0.892 bits per heavy atom. The van der Waals surface area contributed by atoms with Crippen LogP contribution in [0, 0.1) is 5.82 Å². The number of piperazine rings is 1. The van der Waals surface area contributed by atoms with Crippen molar-refractivity contribution in [2.24, 2.45) is 0 Å². The SMILES string of the molecule is CCN1CCN(C(=O)c2ccccc2CSc2nnc(Cc3ccccc3)n2-c2ccccc2F)CC1. The van der Waals surface area contributed by atoms with Gasteiger partial charge in [-0.1, -0.05) is 79.3 Å². The molecule has 1 aliphatic rings. The van der Waals surface area contributed by atoms with Gasteiger partial charge in [0, 0.05) is 43.9 Å². The van der Waals surface area contributed by atoms with E-state index >= 15 is 0 Å². The Morgan fingerprint density at radius 2 is 1.59 bits per heavy atom. The first-order valence-electron chi connectivity index (χ1n) is 12.6. The zero-order chi connectivity index (χ0) is 25.6. The monoisotopic (exact) mass is 515 g/mol. The molecule has 1 saturated heterocycles. The van der Waals surface area contributed by atoms with Crippen molar-refractivity contribution in [2.75, 3.05) is 32.7 Å². The van der Waals surface area contributed by atoms with E-state index in [0.29, 0.717) is 34.4 Å². The Balaban J connectivity index is 1.40. The van der Waals surface area contributed by atoms with Crippen LogP contribution in [0.4, 0.5) is 4.39 Å². The Bertz CT molecular complexity index is 1350. The van der Waals surface area contributed by atoms with Crippen LogP contribution in [0.5, 0.6) is 0 Å². The summed E-state index contributed by atoms with van der Waals surface area (Å²) in [4.78, 5) is 17.7. The average Bonchev–Trinajstić information content (AvgIpc) is 3.34. The van der Waals surface area contributed by atoms with Crippen molar-refractivity contribution in [1.82, 2.24) is 24.6 Å². The van der Waals surface area contributed by atoms with Crippen molar-refractivity contribution in [3.05, 3.63) is 107 Å². The van der Waals surface area contributed by atoms with Gasteiger partial charge < -0.3 is 9.80 Å². The van der Waals surface area contributed by atoms with E-state index in [1.807, 2.05) is 65.6 Å². The van der Waals surface area contributed by atoms with Gasteiger partial charge in [-0.15, -0.1) is 10.2 Å². The Hall–Kier alpha value is -3.49. The fraction of sp³-hybridized carbons (Fsp3) is 0.276. The first kappa shape index (κ1) is 25.2. The van der Waals surface area contributed by atoms with E-state index in [2.05, 4.69) is 22.0 Å². The Labute approximate surface area is 221 Å². The lowest BCUT2D eigenvalue weighted by Crippen LogP contribution is -2.48. The highest BCUT2D eigenvalue weighted by Crippen LogP contribution is 2.29. The number of carbonyl (C=O) groups is 1. The van der Waals surface area contributed by atoms with Gasteiger partial charge in [-0.25, -0.2) is 4.39 Å². The van der Waals surface area contributed by atoms with Crippen molar-refractivity contribution in [3.8, 4) is 5.69 Å². The third kappa shape index (κ3) is 5.76. The molecular weight excluding hydrogens is 485 g/mol. The van der Waals surface area contributed by atoms with Crippen molar-refractivity contribution >= 4 is 17.7 Å². The summed E-state index contributed by atoms with van der Waals surface area (Å²) in [6.45, 7) is 6.42. The molecule has 0 radical (unpaired) electrons. The molecule has 5 rings (SSSR count). The molecule has 1 aromatic heterocycles. The van der Waals surface area contributed by atoms with Crippen molar-refractivity contribution in [3.63, 3.8) is 0 Å². The van der Waals surface area contributed by atoms with Crippen LogP contribution in [0.3, 0.4) is 0 Å². The highest BCUT2D eigenvalue weighted by molar-refractivity contribution is 7.98. The van der Waals surface area contributed by atoms with Gasteiger partial charge in [0.15, 0.2) is 5.16 Å². The second kappa shape index (κ2) is 11.7. The van der Waals surface area contributed by atoms with Gasteiger partial charge in [-0.3, -0.25) is 9.36 Å². The standard InChI is InChI=1S/C29H30FN5OS/c1-2-33-16-18-34(19-17-33)28(36)24-13-7-6-12-23(24)21-37-29-32-31-27(20-22-10-4-3-5-11-22)35(29)26-15-9-8-14-25(26)30/h3-15H,2,16-21H2,1H3. The van der Waals surface area contributed by atoms with Gasteiger partial charge in [-0.2, -0.15) is 0 Å². The molecule has 37 heavy (non-hydrogen) atoms. The number of para-hydroxylation sites is 1. The highest BCUT2D eigenvalue weighted by atomic mass is 32.2. The van der Waals surface area contributed by atoms with Crippen LogP contribution in [0.25, 0.3) is 5.69 Å². The van der Waals surface area contributed by atoms with Crippen LogP contribution in [-0.4, -0.2) is 63.2 Å². The van der Waals surface area contributed by atoms with Gasteiger partial charge in [0.25, 0.3) is 5.91 Å². The van der Waals surface area contributed by atoms with E-state index in [1.54, 1.807) is 16.7 Å². The van der Waals surface area contributed by atoms with Crippen LogP contribution in [0.15, 0.2) is 84.0 Å². The second-order valence-corrected chi connectivity index (χ2v) is 9.96. The fourth-order valence-electron chi connectivity index (χ4n) is 4.60. The highest BCUT2D eigenvalue weighted by Gasteiger charge is 2.24. The predicted octanol–water partition coefficient (Wildman–Crippen LogP) is 5.07. The second-order valence-electron chi connectivity index (χ2n) is 9.02. The van der Waals surface area contributed by atoms with Crippen LogP contribution in [0.2, 0.25) is 0 Å². The van der Waals surface area contributed by atoms with Crippen molar-refractivity contribution in [2.45, 2.75) is 24.3 Å². The smallest absolute Gasteiger partial charge is 0.254 e. The molecule has 1 amide bonds. The number of rotatable bonds is 8. The van der Waals surface area contributed by atoms with Crippen LogP contribution >= 0.6 is 11.8 Å². The number of hydrogen-bond acceptors (Lipinski definition) is 5. The summed E-state index contributed by atoms with van der Waals surface area (Å²) in [6.07, 6.45) is 0.529. The third-order valence-electron chi connectivity index (χ3n) is 6.71. The maximum atomic E-state index is 14.9. The summed E-state index contributed by atoms with van der Waals surface area (Å²) in [5.74, 6) is 0.916. The Morgan fingerprint density at radius 3 is 2.35 bits per heavy atom. The topological polar surface area (TPSA) is 54.3 Å². The minimum atomic E-state index is -0.333. The molecular formula is C29H30FN5OS. The fourth-order valence-corrected chi connectivity index (χ4v) is 5.56. The van der Waals surface area contributed by atoms with Gasteiger partial charge >= 0.3 is 0 Å². The van der Waals surface area contributed by atoms with Gasteiger partial charge in [-0.05, 0) is 35.9 Å². The molecule has 0 unspecified atom stereocenters. The molecule has 0 aliphatic carbocycles. The molecule has 0 saturated carbocycles. The van der Waals surface area contributed by atoms with Crippen LogP contribution in [0.1, 0.15) is 34.2 Å². The molecule has 8 heteroatoms. The van der Waals surface area contributed by atoms with Crippen LogP contribution in [-0.2, 0) is 12.2 Å². The number of hydrogen-bond donors (Lipinski definition) is 0. The summed E-state index contributed by atoms with van der Waals surface area (Å²) >= 11 is 1.46. The molecule has 4 aromatic rings. The molecule has 1 fully saturated rings. The number of thioether (sulfide) groups is 1. The van der Waals surface area contributed by atoms with Gasteiger partial charge in [0.05, 0.1) is 5.69 Å². The number of amides is 1. The van der Waals surface area contributed by atoms with E-state index in [-0.39, 0.29) is 11.7 Å². The molecule has 190 valence electrons. The summed E-state index contributed by atoms with van der Waals surface area (Å²) < 4.78 is 16.7.